The molecule has 29 heavy (non-hydrogen) atoms. The van der Waals surface area contributed by atoms with Gasteiger partial charge >= 0.3 is 0 Å². The molecular formula is C20H17N7O2. The molecule has 0 unspecified atom stereocenters. The first-order valence-electron chi connectivity index (χ1n) is 8.77. The van der Waals surface area contributed by atoms with E-state index in [-0.39, 0.29) is 0 Å². The van der Waals surface area contributed by atoms with Gasteiger partial charge < -0.3 is 4.90 Å². The number of anilines is 2. The lowest BCUT2D eigenvalue weighted by atomic mass is 10.1. The van der Waals surface area contributed by atoms with Gasteiger partial charge in [0.05, 0.1) is 18.4 Å². The molecule has 0 aliphatic carbocycles. The Bertz CT molecular complexity index is 1080. The van der Waals surface area contributed by atoms with Crippen molar-refractivity contribution in [3.63, 3.8) is 0 Å². The molecular weight excluding hydrogens is 370 g/mol. The molecule has 0 aliphatic heterocycles. The monoisotopic (exact) mass is 387 g/mol. The van der Waals surface area contributed by atoms with E-state index in [1.165, 1.54) is 0 Å². The number of rotatable bonds is 6. The van der Waals surface area contributed by atoms with Gasteiger partial charge in [0.1, 0.15) is 5.82 Å². The van der Waals surface area contributed by atoms with Crippen LogP contribution in [0.5, 0.6) is 0 Å². The predicted molar refractivity (Wildman–Crippen MR) is 105 cm³/mol. The second-order valence-corrected chi connectivity index (χ2v) is 6.16. The van der Waals surface area contributed by atoms with Crippen molar-refractivity contribution in [3.05, 3.63) is 84.6 Å². The third kappa shape index (κ3) is 4.09. The number of nitrogens with zero attached hydrogens (tertiary/aromatic N) is 5. The largest absolute Gasteiger partial charge is 0.305 e. The average Bonchev–Trinajstić information content (AvgIpc) is 3.33. The Morgan fingerprint density at radius 2 is 1.83 bits per heavy atom. The number of carbonyl (C=O) groups is 1. The maximum Gasteiger partial charge on any atom is 0.274 e. The van der Waals surface area contributed by atoms with Crippen molar-refractivity contribution in [1.82, 2.24) is 30.6 Å². The van der Waals surface area contributed by atoms with E-state index in [9.17, 15) is 4.79 Å². The summed E-state index contributed by atoms with van der Waals surface area (Å²) in [6.07, 6.45) is 8.32. The van der Waals surface area contributed by atoms with Crippen LogP contribution in [-0.2, 0) is 6.54 Å². The van der Waals surface area contributed by atoms with Crippen LogP contribution in [-0.4, -0.2) is 36.3 Å². The number of carbonyl (C=O) groups excluding carboxylic acids is 1. The number of amides is 1. The first kappa shape index (κ1) is 18.3. The van der Waals surface area contributed by atoms with Gasteiger partial charge in [0.15, 0.2) is 5.82 Å². The van der Waals surface area contributed by atoms with E-state index in [2.05, 4.69) is 25.1 Å². The van der Waals surface area contributed by atoms with Crippen molar-refractivity contribution in [2.45, 2.75) is 6.54 Å². The van der Waals surface area contributed by atoms with Crippen molar-refractivity contribution < 1.29 is 10.0 Å². The summed E-state index contributed by atoms with van der Waals surface area (Å²) in [5.74, 6) is 0.768. The first-order chi connectivity index (χ1) is 14.2. The van der Waals surface area contributed by atoms with Crippen LogP contribution in [0.15, 0.2) is 73.4 Å². The molecule has 9 heteroatoms. The zero-order valence-corrected chi connectivity index (χ0v) is 15.2. The van der Waals surface area contributed by atoms with Crippen molar-refractivity contribution in [3.8, 4) is 11.3 Å². The molecule has 3 heterocycles. The van der Waals surface area contributed by atoms with Crippen LogP contribution in [0.1, 0.15) is 15.9 Å². The number of pyridine rings is 1. The molecule has 3 aromatic heterocycles. The lowest BCUT2D eigenvalue weighted by molar-refractivity contribution is 0.0706. The molecule has 1 aromatic carbocycles. The summed E-state index contributed by atoms with van der Waals surface area (Å²) in [4.78, 5) is 26.5. The van der Waals surface area contributed by atoms with Crippen LogP contribution in [0.3, 0.4) is 0 Å². The third-order valence-corrected chi connectivity index (χ3v) is 4.32. The summed E-state index contributed by atoms with van der Waals surface area (Å²) >= 11 is 0. The zero-order valence-electron chi connectivity index (χ0n) is 15.2. The topological polar surface area (TPSA) is 120 Å². The highest BCUT2D eigenvalue weighted by molar-refractivity contribution is 5.93. The van der Waals surface area contributed by atoms with Crippen LogP contribution in [0, 0.1) is 0 Å². The Kier molecular flexibility index (Phi) is 5.21. The first-order valence-corrected chi connectivity index (χ1v) is 8.77. The van der Waals surface area contributed by atoms with E-state index in [0.717, 1.165) is 16.8 Å². The molecule has 0 atom stereocenters. The van der Waals surface area contributed by atoms with Crippen molar-refractivity contribution in [2.24, 2.45) is 0 Å². The molecule has 0 aliphatic rings. The SMILES string of the molecule is O=C(NO)c1ccc(CN(c2cnccn2)c2cc(-c3ccn[nH]3)ccn2)cc1. The number of nitrogens with one attached hydrogen (secondary N) is 2. The minimum absolute atomic E-state index is 0.363. The molecule has 144 valence electrons. The van der Waals surface area contributed by atoms with E-state index < -0.39 is 5.91 Å². The summed E-state index contributed by atoms with van der Waals surface area (Å²) in [5, 5.41) is 15.7. The van der Waals surface area contributed by atoms with Gasteiger partial charge in [0.2, 0.25) is 0 Å². The third-order valence-electron chi connectivity index (χ3n) is 4.32. The van der Waals surface area contributed by atoms with E-state index in [1.54, 1.807) is 48.6 Å². The quantitative estimate of drug-likeness (QED) is 0.344. The number of aromatic amines is 1. The van der Waals surface area contributed by atoms with Gasteiger partial charge in [-0.1, -0.05) is 12.1 Å². The highest BCUT2D eigenvalue weighted by Crippen LogP contribution is 2.27. The Morgan fingerprint density at radius 3 is 2.52 bits per heavy atom. The van der Waals surface area contributed by atoms with Crippen LogP contribution in [0.4, 0.5) is 11.6 Å². The molecule has 3 N–H and O–H groups in total. The molecule has 1 amide bonds. The van der Waals surface area contributed by atoms with Crippen LogP contribution >= 0.6 is 0 Å². The highest BCUT2D eigenvalue weighted by atomic mass is 16.5. The van der Waals surface area contributed by atoms with Gasteiger partial charge in [-0.25, -0.2) is 15.4 Å². The summed E-state index contributed by atoms with van der Waals surface area (Å²) in [6, 6.07) is 12.6. The minimum Gasteiger partial charge on any atom is -0.305 e. The van der Waals surface area contributed by atoms with Gasteiger partial charge in [0, 0.05) is 35.9 Å². The molecule has 0 saturated carbocycles. The summed E-state index contributed by atoms with van der Waals surface area (Å²) in [7, 11) is 0. The highest BCUT2D eigenvalue weighted by Gasteiger charge is 2.15. The lowest BCUT2D eigenvalue weighted by Gasteiger charge is -2.23. The molecule has 0 bridgehead atoms. The fourth-order valence-electron chi connectivity index (χ4n) is 2.87. The smallest absolute Gasteiger partial charge is 0.274 e. The zero-order chi connectivity index (χ0) is 20.1. The van der Waals surface area contributed by atoms with Gasteiger partial charge in [-0.15, -0.1) is 0 Å². The Morgan fingerprint density at radius 1 is 1.00 bits per heavy atom. The van der Waals surface area contributed by atoms with E-state index in [4.69, 9.17) is 5.21 Å². The van der Waals surface area contributed by atoms with E-state index in [1.807, 2.05) is 35.2 Å². The standard InChI is InChI=1S/C20H17N7O2/c28-20(26-29)15-3-1-14(2-4-15)13-27(19-12-21-9-10-23-19)18-11-16(5-7-22-18)17-6-8-24-25-17/h1-12,29H,13H2,(H,24,25)(H,26,28). The number of aromatic nitrogens is 5. The number of hydroxylamine groups is 1. The van der Waals surface area contributed by atoms with E-state index >= 15 is 0 Å². The fourth-order valence-corrected chi connectivity index (χ4v) is 2.87. The molecule has 9 nitrogen and oxygen atoms in total. The Labute approximate surface area is 166 Å². The molecule has 0 fully saturated rings. The van der Waals surface area contributed by atoms with Crippen molar-refractivity contribution >= 4 is 17.5 Å². The molecule has 0 saturated heterocycles. The minimum atomic E-state index is -0.559. The fraction of sp³-hybridized carbons (Fsp3) is 0.0500. The molecule has 0 radical (unpaired) electrons. The molecule has 0 spiro atoms. The normalized spacial score (nSPS) is 10.5. The second-order valence-electron chi connectivity index (χ2n) is 6.16. The van der Waals surface area contributed by atoms with Crippen LogP contribution < -0.4 is 10.4 Å². The predicted octanol–water partition coefficient (Wildman–Crippen LogP) is 2.72. The van der Waals surface area contributed by atoms with Gasteiger partial charge in [-0.05, 0) is 35.9 Å². The summed E-state index contributed by atoms with van der Waals surface area (Å²) < 4.78 is 0. The Balaban J connectivity index is 1.68. The number of benzene rings is 1. The van der Waals surface area contributed by atoms with Crippen LogP contribution in [0.2, 0.25) is 0 Å². The lowest BCUT2D eigenvalue weighted by Crippen LogP contribution is -2.20. The maximum atomic E-state index is 11.5. The number of hydrogen-bond acceptors (Lipinski definition) is 7. The number of hydrogen-bond donors (Lipinski definition) is 3. The average molecular weight is 387 g/mol. The Hall–Kier alpha value is -4.11. The van der Waals surface area contributed by atoms with Gasteiger partial charge in [-0.3, -0.25) is 20.1 Å². The molecule has 4 aromatic rings. The van der Waals surface area contributed by atoms with Crippen molar-refractivity contribution in [2.75, 3.05) is 4.90 Å². The van der Waals surface area contributed by atoms with Gasteiger partial charge in [-0.2, -0.15) is 5.10 Å². The maximum absolute atomic E-state index is 11.5. The molecule has 4 rings (SSSR count). The number of H-pyrrole nitrogens is 1. The second kappa shape index (κ2) is 8.28. The van der Waals surface area contributed by atoms with Gasteiger partial charge in [0.25, 0.3) is 5.91 Å². The van der Waals surface area contributed by atoms with E-state index in [0.29, 0.717) is 23.7 Å². The van der Waals surface area contributed by atoms with Crippen molar-refractivity contribution in [1.29, 1.82) is 0 Å². The van der Waals surface area contributed by atoms with Crippen LogP contribution in [0.25, 0.3) is 11.3 Å². The summed E-state index contributed by atoms with van der Waals surface area (Å²) in [5.41, 5.74) is 4.74. The summed E-state index contributed by atoms with van der Waals surface area (Å²) in [6.45, 7) is 0.457.